The summed E-state index contributed by atoms with van der Waals surface area (Å²) >= 11 is 0. The molecule has 1 aromatic heterocycles. The Morgan fingerprint density at radius 1 is 1.18 bits per heavy atom. The van der Waals surface area contributed by atoms with E-state index in [-0.39, 0.29) is 16.8 Å². The largest absolute Gasteiger partial charge is 0.478 e. The fourth-order valence-electron chi connectivity index (χ4n) is 3.99. The van der Waals surface area contributed by atoms with Gasteiger partial charge in [0.15, 0.2) is 0 Å². The van der Waals surface area contributed by atoms with Crippen LogP contribution in [0.25, 0.3) is 11.4 Å². The Kier molecular flexibility index (Phi) is 4.96. The lowest BCUT2D eigenvalue weighted by atomic mass is 9.74. The molecule has 1 aliphatic heterocycles. The van der Waals surface area contributed by atoms with E-state index >= 15 is 0 Å². The van der Waals surface area contributed by atoms with Crippen LogP contribution in [-0.4, -0.2) is 33.8 Å². The molecule has 1 saturated heterocycles. The highest BCUT2D eigenvalue weighted by Crippen LogP contribution is 2.38. The summed E-state index contributed by atoms with van der Waals surface area (Å²) in [5.74, 6) is -0.651. The lowest BCUT2D eigenvalue weighted by Gasteiger charge is -2.38. The fourth-order valence-corrected chi connectivity index (χ4v) is 3.99. The van der Waals surface area contributed by atoms with Crippen LogP contribution in [0.15, 0.2) is 60.9 Å². The maximum absolute atomic E-state index is 13.9. The third-order valence-electron chi connectivity index (χ3n) is 5.47. The number of carboxylic acid groups (broad SMARTS) is 1. The molecule has 0 aliphatic carbocycles. The van der Waals surface area contributed by atoms with Crippen molar-refractivity contribution in [3.63, 3.8) is 0 Å². The van der Waals surface area contributed by atoms with Gasteiger partial charge in [0, 0.05) is 43.1 Å². The summed E-state index contributed by atoms with van der Waals surface area (Å²) < 4.78 is 21.5. The van der Waals surface area contributed by atoms with Gasteiger partial charge in [0.25, 0.3) is 0 Å². The van der Waals surface area contributed by atoms with Crippen molar-refractivity contribution in [3.8, 4) is 11.4 Å². The predicted octanol–water partition coefficient (Wildman–Crippen LogP) is 4.14. The Balaban J connectivity index is 1.76. The number of aromatic nitrogens is 2. The normalized spacial score (nSPS) is 16.0. The van der Waals surface area contributed by atoms with Crippen LogP contribution < -0.4 is 0 Å². The second-order valence-corrected chi connectivity index (χ2v) is 7.13. The van der Waals surface area contributed by atoms with Crippen LogP contribution in [0.1, 0.15) is 28.8 Å². The summed E-state index contributed by atoms with van der Waals surface area (Å²) in [6.45, 7) is 1.78. The highest BCUT2D eigenvalue weighted by molar-refractivity contribution is 5.95. The molecular formula is C22H21FN2O3. The van der Waals surface area contributed by atoms with Crippen LogP contribution in [0.2, 0.25) is 0 Å². The number of carboxylic acids is 1. The molecule has 2 aromatic carbocycles. The Hall–Kier alpha value is -2.99. The van der Waals surface area contributed by atoms with E-state index in [1.165, 1.54) is 6.07 Å². The average Bonchev–Trinajstić information content (AvgIpc) is 3.16. The smallest absolute Gasteiger partial charge is 0.336 e. The number of benzene rings is 2. The number of nitrogens with zero attached hydrogens (tertiary/aromatic N) is 2. The van der Waals surface area contributed by atoms with Crippen LogP contribution >= 0.6 is 0 Å². The maximum atomic E-state index is 13.9. The fraction of sp³-hybridized carbons (Fsp3) is 0.273. The van der Waals surface area contributed by atoms with Gasteiger partial charge in [-0.15, -0.1) is 0 Å². The third kappa shape index (κ3) is 3.43. The van der Waals surface area contributed by atoms with E-state index in [0.717, 1.165) is 18.4 Å². The van der Waals surface area contributed by atoms with E-state index in [2.05, 4.69) is 4.98 Å². The first kappa shape index (κ1) is 18.4. The molecule has 0 spiro atoms. The van der Waals surface area contributed by atoms with E-state index in [9.17, 15) is 14.3 Å². The van der Waals surface area contributed by atoms with E-state index < -0.39 is 5.97 Å². The van der Waals surface area contributed by atoms with Gasteiger partial charge in [-0.05, 0) is 36.6 Å². The van der Waals surface area contributed by atoms with E-state index in [1.54, 1.807) is 42.6 Å². The molecule has 0 bridgehead atoms. The van der Waals surface area contributed by atoms with Crippen LogP contribution in [0.5, 0.6) is 0 Å². The number of hydrogen-bond donors (Lipinski definition) is 1. The van der Waals surface area contributed by atoms with Crippen LogP contribution in [0.4, 0.5) is 4.39 Å². The summed E-state index contributed by atoms with van der Waals surface area (Å²) in [7, 11) is 0. The minimum atomic E-state index is -0.990. The number of rotatable bonds is 5. The first-order chi connectivity index (χ1) is 13.6. The SMILES string of the molecule is O=C(O)c1ccccc1-c1nccn1CC1(c2cccc(F)c2)CCOCC1. The van der Waals surface area contributed by atoms with Crippen LogP contribution in [-0.2, 0) is 16.7 Å². The highest BCUT2D eigenvalue weighted by Gasteiger charge is 2.36. The molecule has 4 rings (SSSR count). The molecule has 5 nitrogen and oxygen atoms in total. The molecule has 144 valence electrons. The van der Waals surface area contributed by atoms with Gasteiger partial charge in [0.2, 0.25) is 0 Å². The summed E-state index contributed by atoms with van der Waals surface area (Å²) in [5.41, 5.74) is 1.42. The Bertz CT molecular complexity index is 993. The monoisotopic (exact) mass is 380 g/mol. The average molecular weight is 380 g/mol. The molecule has 0 saturated carbocycles. The van der Waals surface area contributed by atoms with E-state index in [1.807, 2.05) is 16.8 Å². The molecule has 0 radical (unpaired) electrons. The number of aromatic carboxylic acids is 1. The molecule has 0 amide bonds. The summed E-state index contributed by atoms with van der Waals surface area (Å²) in [6.07, 6.45) is 5.04. The van der Waals surface area contributed by atoms with Gasteiger partial charge >= 0.3 is 5.97 Å². The topological polar surface area (TPSA) is 64.3 Å². The summed E-state index contributed by atoms with van der Waals surface area (Å²) in [5, 5.41) is 9.54. The number of hydrogen-bond acceptors (Lipinski definition) is 3. The van der Waals surface area contributed by atoms with E-state index in [4.69, 9.17) is 4.74 Å². The van der Waals surface area contributed by atoms with Crippen molar-refractivity contribution >= 4 is 5.97 Å². The molecule has 0 atom stereocenters. The molecule has 2 heterocycles. The van der Waals surface area contributed by atoms with Gasteiger partial charge in [-0.1, -0.05) is 30.3 Å². The Morgan fingerprint density at radius 3 is 2.71 bits per heavy atom. The van der Waals surface area contributed by atoms with Crippen LogP contribution in [0, 0.1) is 5.82 Å². The molecule has 1 aliphatic rings. The van der Waals surface area contributed by atoms with Crippen molar-refractivity contribution in [2.75, 3.05) is 13.2 Å². The second kappa shape index (κ2) is 7.56. The zero-order valence-electron chi connectivity index (χ0n) is 15.3. The number of imidazole rings is 1. The lowest BCUT2D eigenvalue weighted by Crippen LogP contribution is -2.38. The molecule has 28 heavy (non-hydrogen) atoms. The van der Waals surface area contributed by atoms with Crippen molar-refractivity contribution in [1.82, 2.24) is 9.55 Å². The van der Waals surface area contributed by atoms with Crippen LogP contribution in [0.3, 0.4) is 0 Å². The lowest BCUT2D eigenvalue weighted by molar-refractivity contribution is 0.0435. The van der Waals surface area contributed by atoms with Gasteiger partial charge in [0.1, 0.15) is 11.6 Å². The van der Waals surface area contributed by atoms with Crippen molar-refractivity contribution in [3.05, 3.63) is 77.9 Å². The number of carbonyl (C=O) groups is 1. The third-order valence-corrected chi connectivity index (χ3v) is 5.47. The highest BCUT2D eigenvalue weighted by atomic mass is 19.1. The standard InChI is InChI=1S/C22H21FN2O3/c23-17-5-3-4-16(14-17)22(8-12-28-13-9-22)15-25-11-10-24-20(25)18-6-1-2-7-19(18)21(26)27/h1-7,10-11,14H,8-9,12-13,15H2,(H,26,27). The molecular weight excluding hydrogens is 359 g/mol. The van der Waals surface area contributed by atoms with Gasteiger partial charge in [-0.3, -0.25) is 0 Å². The minimum Gasteiger partial charge on any atom is -0.478 e. The zero-order valence-corrected chi connectivity index (χ0v) is 15.3. The number of halogens is 1. The minimum absolute atomic E-state index is 0.210. The molecule has 6 heteroatoms. The van der Waals surface area contributed by atoms with Gasteiger partial charge in [-0.25, -0.2) is 14.2 Å². The van der Waals surface area contributed by atoms with Gasteiger partial charge in [0.05, 0.1) is 5.56 Å². The van der Waals surface area contributed by atoms with Crippen molar-refractivity contribution in [2.24, 2.45) is 0 Å². The molecule has 3 aromatic rings. The van der Waals surface area contributed by atoms with Gasteiger partial charge < -0.3 is 14.4 Å². The van der Waals surface area contributed by atoms with Crippen molar-refractivity contribution in [1.29, 1.82) is 0 Å². The number of ether oxygens (including phenoxy) is 1. The van der Waals surface area contributed by atoms with Crippen molar-refractivity contribution < 1.29 is 19.0 Å². The first-order valence-corrected chi connectivity index (χ1v) is 9.27. The molecule has 1 N–H and O–H groups in total. The summed E-state index contributed by atoms with van der Waals surface area (Å²) in [4.78, 5) is 16.1. The van der Waals surface area contributed by atoms with E-state index in [0.29, 0.717) is 31.1 Å². The maximum Gasteiger partial charge on any atom is 0.336 e. The Labute approximate surface area is 162 Å². The molecule has 0 unspecified atom stereocenters. The Morgan fingerprint density at radius 2 is 1.96 bits per heavy atom. The molecule has 1 fully saturated rings. The predicted molar refractivity (Wildman–Crippen MR) is 103 cm³/mol. The quantitative estimate of drug-likeness (QED) is 0.723. The van der Waals surface area contributed by atoms with Crippen molar-refractivity contribution in [2.45, 2.75) is 24.8 Å². The first-order valence-electron chi connectivity index (χ1n) is 9.27. The summed E-state index contributed by atoms with van der Waals surface area (Å²) in [6, 6.07) is 13.6. The zero-order chi connectivity index (χ0) is 19.6. The van der Waals surface area contributed by atoms with Gasteiger partial charge in [-0.2, -0.15) is 0 Å². The second-order valence-electron chi connectivity index (χ2n) is 7.13.